The zero-order valence-corrected chi connectivity index (χ0v) is 12.4. The molecular formula is C17H17N3O2. The lowest BCUT2D eigenvalue weighted by atomic mass is 10.1. The van der Waals surface area contributed by atoms with E-state index in [1.807, 2.05) is 37.3 Å². The van der Waals surface area contributed by atoms with Crippen LogP contribution in [0.25, 0.3) is 11.1 Å². The fraction of sp³-hybridized carbons (Fsp3) is 0.235. The number of amides is 1. The minimum Gasteiger partial charge on any atom is -0.461 e. The molecule has 0 bridgehead atoms. The van der Waals surface area contributed by atoms with E-state index in [2.05, 4.69) is 15.3 Å². The highest BCUT2D eigenvalue weighted by Crippen LogP contribution is 2.20. The van der Waals surface area contributed by atoms with Gasteiger partial charge in [-0.2, -0.15) is 0 Å². The molecule has 0 fully saturated rings. The molecule has 0 unspecified atom stereocenters. The summed E-state index contributed by atoms with van der Waals surface area (Å²) in [4.78, 5) is 20.8. The first-order valence-electron chi connectivity index (χ1n) is 7.34. The second-order valence-corrected chi connectivity index (χ2v) is 5.05. The van der Waals surface area contributed by atoms with Gasteiger partial charge in [-0.15, -0.1) is 0 Å². The quantitative estimate of drug-likeness (QED) is 0.785. The molecular weight excluding hydrogens is 278 g/mol. The Labute approximate surface area is 128 Å². The van der Waals surface area contributed by atoms with Crippen LogP contribution in [-0.4, -0.2) is 22.4 Å². The van der Waals surface area contributed by atoms with Gasteiger partial charge in [0.25, 0.3) is 5.91 Å². The van der Waals surface area contributed by atoms with Gasteiger partial charge in [-0.1, -0.05) is 37.3 Å². The van der Waals surface area contributed by atoms with Crippen LogP contribution in [0.15, 0.2) is 47.1 Å². The third kappa shape index (κ3) is 2.98. The minimum atomic E-state index is -0.251. The summed E-state index contributed by atoms with van der Waals surface area (Å²) in [7, 11) is 0. The van der Waals surface area contributed by atoms with Crippen LogP contribution in [0.2, 0.25) is 0 Å². The van der Waals surface area contributed by atoms with Crippen LogP contribution in [0, 0.1) is 0 Å². The highest BCUT2D eigenvalue weighted by atomic mass is 16.3. The summed E-state index contributed by atoms with van der Waals surface area (Å²) in [5.74, 6) is -0.0625. The van der Waals surface area contributed by atoms with Gasteiger partial charge < -0.3 is 9.73 Å². The molecule has 0 saturated heterocycles. The number of carbonyl (C=O) groups is 1. The molecule has 3 rings (SSSR count). The van der Waals surface area contributed by atoms with Gasteiger partial charge in [0.15, 0.2) is 5.58 Å². The Balaban J connectivity index is 1.97. The number of aromatic nitrogens is 2. The molecule has 0 radical (unpaired) electrons. The van der Waals surface area contributed by atoms with Crippen molar-refractivity contribution < 1.29 is 9.21 Å². The van der Waals surface area contributed by atoms with Gasteiger partial charge in [-0.05, 0) is 12.0 Å². The van der Waals surface area contributed by atoms with E-state index in [1.165, 1.54) is 0 Å². The number of hydrogen-bond donors (Lipinski definition) is 1. The van der Waals surface area contributed by atoms with E-state index >= 15 is 0 Å². The average Bonchev–Trinajstić information content (AvgIpc) is 3.02. The first-order chi connectivity index (χ1) is 10.8. The summed E-state index contributed by atoms with van der Waals surface area (Å²) in [6.07, 6.45) is 3.04. The summed E-state index contributed by atoms with van der Waals surface area (Å²) in [6.45, 7) is 2.61. The van der Waals surface area contributed by atoms with Gasteiger partial charge in [0.05, 0.1) is 12.0 Å². The van der Waals surface area contributed by atoms with Crippen molar-refractivity contribution in [2.24, 2.45) is 0 Å². The monoisotopic (exact) mass is 295 g/mol. The van der Waals surface area contributed by atoms with Gasteiger partial charge >= 0.3 is 0 Å². The zero-order chi connectivity index (χ0) is 15.4. The van der Waals surface area contributed by atoms with E-state index in [4.69, 9.17) is 4.42 Å². The number of rotatable bonds is 5. The first kappa shape index (κ1) is 14.3. The summed E-state index contributed by atoms with van der Waals surface area (Å²) in [5.41, 5.74) is 3.13. The predicted molar refractivity (Wildman–Crippen MR) is 83.7 cm³/mol. The van der Waals surface area contributed by atoms with Gasteiger partial charge in [-0.3, -0.25) is 4.79 Å². The Hall–Kier alpha value is -2.69. The molecule has 0 spiro atoms. The van der Waals surface area contributed by atoms with Crippen molar-refractivity contribution >= 4 is 17.0 Å². The molecule has 112 valence electrons. The van der Waals surface area contributed by atoms with Crippen molar-refractivity contribution in [2.75, 3.05) is 6.54 Å². The fourth-order valence-corrected chi connectivity index (χ4v) is 2.25. The predicted octanol–water partition coefficient (Wildman–Crippen LogP) is 2.95. The summed E-state index contributed by atoms with van der Waals surface area (Å²) in [6, 6.07) is 11.7. The van der Waals surface area contributed by atoms with Crippen molar-refractivity contribution in [3.05, 3.63) is 59.7 Å². The highest BCUT2D eigenvalue weighted by Gasteiger charge is 2.15. The van der Waals surface area contributed by atoms with Crippen molar-refractivity contribution in [3.8, 4) is 0 Å². The van der Waals surface area contributed by atoms with Gasteiger partial charge in [0, 0.05) is 19.0 Å². The van der Waals surface area contributed by atoms with E-state index in [9.17, 15) is 4.79 Å². The summed E-state index contributed by atoms with van der Waals surface area (Å²) >= 11 is 0. The molecule has 1 amide bonds. The van der Waals surface area contributed by atoms with Crippen LogP contribution < -0.4 is 5.32 Å². The molecule has 0 saturated carbocycles. The smallest absolute Gasteiger partial charge is 0.289 e. The molecule has 0 atom stereocenters. The van der Waals surface area contributed by atoms with Gasteiger partial charge in [0.1, 0.15) is 5.52 Å². The largest absolute Gasteiger partial charge is 0.461 e. The van der Waals surface area contributed by atoms with E-state index < -0.39 is 0 Å². The van der Waals surface area contributed by atoms with Crippen molar-refractivity contribution in [2.45, 2.75) is 19.8 Å². The van der Waals surface area contributed by atoms with Gasteiger partial charge in [-0.25, -0.2) is 9.97 Å². The van der Waals surface area contributed by atoms with Crippen LogP contribution >= 0.6 is 0 Å². The number of benzene rings is 1. The zero-order valence-electron chi connectivity index (χ0n) is 12.4. The fourth-order valence-electron chi connectivity index (χ4n) is 2.25. The molecule has 22 heavy (non-hydrogen) atoms. The Bertz CT molecular complexity index is 781. The molecule has 2 aromatic heterocycles. The van der Waals surface area contributed by atoms with E-state index in [1.54, 1.807) is 12.3 Å². The SMILES string of the molecule is CCCNC(=O)c1nc(Cc2ccccc2)c2occc2n1. The Morgan fingerprint density at radius 2 is 2.00 bits per heavy atom. The van der Waals surface area contributed by atoms with E-state index in [0.717, 1.165) is 17.7 Å². The number of nitrogens with one attached hydrogen (secondary N) is 1. The first-order valence-corrected chi connectivity index (χ1v) is 7.34. The van der Waals surface area contributed by atoms with Crippen LogP contribution in [0.4, 0.5) is 0 Å². The summed E-state index contributed by atoms with van der Waals surface area (Å²) in [5, 5.41) is 2.80. The topological polar surface area (TPSA) is 68.0 Å². The molecule has 2 heterocycles. The standard InChI is InChI=1S/C17H17N3O2/c1-2-9-18-17(21)16-19-13-8-10-22-15(13)14(20-16)11-12-6-4-3-5-7-12/h3-8,10H,2,9,11H2,1H3,(H,18,21). The number of carbonyl (C=O) groups excluding carboxylic acids is 1. The Morgan fingerprint density at radius 3 is 2.77 bits per heavy atom. The second-order valence-electron chi connectivity index (χ2n) is 5.05. The number of nitrogens with zero attached hydrogens (tertiary/aromatic N) is 2. The van der Waals surface area contributed by atoms with Crippen molar-refractivity contribution in [1.29, 1.82) is 0 Å². The second kappa shape index (κ2) is 6.39. The molecule has 0 aliphatic rings. The Morgan fingerprint density at radius 1 is 1.18 bits per heavy atom. The minimum absolute atomic E-state index is 0.188. The van der Waals surface area contributed by atoms with Crippen LogP contribution in [-0.2, 0) is 6.42 Å². The molecule has 3 aromatic rings. The Kier molecular flexibility index (Phi) is 4.14. The molecule has 5 nitrogen and oxygen atoms in total. The number of fused-ring (bicyclic) bond motifs is 1. The van der Waals surface area contributed by atoms with E-state index in [-0.39, 0.29) is 11.7 Å². The third-order valence-electron chi connectivity index (χ3n) is 3.33. The van der Waals surface area contributed by atoms with E-state index in [0.29, 0.717) is 24.1 Å². The molecule has 1 aromatic carbocycles. The maximum atomic E-state index is 12.1. The number of hydrogen-bond acceptors (Lipinski definition) is 4. The normalized spacial score (nSPS) is 10.8. The molecule has 1 N–H and O–H groups in total. The average molecular weight is 295 g/mol. The van der Waals surface area contributed by atoms with Gasteiger partial charge in [0.2, 0.25) is 5.82 Å². The molecule has 0 aliphatic heterocycles. The van der Waals surface area contributed by atoms with Crippen LogP contribution in [0.5, 0.6) is 0 Å². The highest BCUT2D eigenvalue weighted by molar-refractivity contribution is 5.92. The summed E-state index contributed by atoms with van der Waals surface area (Å²) < 4.78 is 5.48. The third-order valence-corrected chi connectivity index (χ3v) is 3.33. The lowest BCUT2D eigenvalue weighted by Crippen LogP contribution is -2.26. The van der Waals surface area contributed by atoms with Crippen LogP contribution in [0.3, 0.4) is 0 Å². The van der Waals surface area contributed by atoms with Crippen LogP contribution in [0.1, 0.15) is 35.2 Å². The van der Waals surface area contributed by atoms with Crippen molar-refractivity contribution in [1.82, 2.24) is 15.3 Å². The lowest BCUT2D eigenvalue weighted by Gasteiger charge is -2.06. The maximum absolute atomic E-state index is 12.1. The molecule has 0 aliphatic carbocycles. The lowest BCUT2D eigenvalue weighted by molar-refractivity contribution is 0.0943. The molecule has 5 heteroatoms. The number of furan rings is 1. The van der Waals surface area contributed by atoms with Crippen molar-refractivity contribution in [3.63, 3.8) is 0 Å². The maximum Gasteiger partial charge on any atom is 0.289 e.